The fraction of sp³-hybridized carbons (Fsp3) is 0.0323. The van der Waals surface area contributed by atoms with Gasteiger partial charge < -0.3 is 9.15 Å². The quantitative estimate of drug-likeness (QED) is 0.254. The summed E-state index contributed by atoms with van der Waals surface area (Å²) in [5.41, 5.74) is 4.66. The van der Waals surface area contributed by atoms with Gasteiger partial charge in [0.1, 0.15) is 11.5 Å². The summed E-state index contributed by atoms with van der Waals surface area (Å²) in [4.78, 5) is 18.4. The molecule has 0 saturated heterocycles. The van der Waals surface area contributed by atoms with Gasteiger partial charge in [0, 0.05) is 22.3 Å². The van der Waals surface area contributed by atoms with Crippen LogP contribution in [0, 0.1) is 0 Å². The van der Waals surface area contributed by atoms with E-state index in [4.69, 9.17) is 14.1 Å². The van der Waals surface area contributed by atoms with Crippen molar-refractivity contribution < 1.29 is 9.15 Å². The molecule has 0 spiro atoms. The van der Waals surface area contributed by atoms with Gasteiger partial charge in [-0.05, 0) is 35.9 Å². The molecule has 0 radical (unpaired) electrons. The van der Waals surface area contributed by atoms with Crippen LogP contribution in [0.4, 0.5) is 5.69 Å². The van der Waals surface area contributed by atoms with Crippen LogP contribution in [0.2, 0.25) is 0 Å². The summed E-state index contributed by atoms with van der Waals surface area (Å²) in [6.07, 6.45) is 0. The summed E-state index contributed by atoms with van der Waals surface area (Å²) in [7, 11) is 1.62. The maximum absolute atomic E-state index is 13.4. The fourth-order valence-electron chi connectivity index (χ4n) is 3.93. The Kier molecular flexibility index (Phi) is 6.35. The highest BCUT2D eigenvalue weighted by Gasteiger charge is 2.17. The molecule has 1 heterocycles. The molecule has 4 nitrogen and oxygen atoms in total. The first-order valence-electron chi connectivity index (χ1n) is 11.3. The van der Waals surface area contributed by atoms with Gasteiger partial charge in [0.2, 0.25) is 0 Å². The van der Waals surface area contributed by atoms with E-state index in [1.807, 2.05) is 121 Å². The highest BCUT2D eigenvalue weighted by atomic mass is 16.5. The average molecular weight is 458 g/mol. The van der Waals surface area contributed by atoms with Crippen molar-refractivity contribution in [1.29, 1.82) is 0 Å². The molecular formula is C31H23NO3. The molecule has 170 valence electrons. The van der Waals surface area contributed by atoms with Crippen molar-refractivity contribution >= 4 is 11.4 Å². The number of benzene rings is 4. The fourth-order valence-corrected chi connectivity index (χ4v) is 3.93. The van der Waals surface area contributed by atoms with Crippen molar-refractivity contribution in [2.75, 3.05) is 7.11 Å². The number of rotatable bonds is 6. The molecule has 4 heteroatoms. The predicted molar refractivity (Wildman–Crippen MR) is 141 cm³/mol. The predicted octanol–water partition coefficient (Wildman–Crippen LogP) is 7.15. The second-order valence-corrected chi connectivity index (χ2v) is 7.95. The SMILES string of the molecule is COc1ccc(-c2cc(-c3ccccc3)c(N=C(c3ccccc3)c3ccccc3)c(=O)o2)cc1. The number of hydrogen-bond donors (Lipinski definition) is 0. The normalized spacial score (nSPS) is 10.5. The lowest BCUT2D eigenvalue weighted by molar-refractivity contribution is 0.415. The minimum absolute atomic E-state index is 0.260. The topological polar surface area (TPSA) is 51.8 Å². The van der Waals surface area contributed by atoms with Crippen LogP contribution in [0.3, 0.4) is 0 Å². The first-order chi connectivity index (χ1) is 17.2. The molecule has 4 aromatic carbocycles. The number of aliphatic imine (C=N–C) groups is 1. The van der Waals surface area contributed by atoms with Crippen LogP contribution in [0.15, 0.2) is 136 Å². The second-order valence-electron chi connectivity index (χ2n) is 7.95. The first-order valence-corrected chi connectivity index (χ1v) is 11.3. The van der Waals surface area contributed by atoms with Crippen LogP contribution in [0.1, 0.15) is 11.1 Å². The molecule has 0 aliphatic rings. The zero-order valence-electron chi connectivity index (χ0n) is 19.2. The lowest BCUT2D eigenvalue weighted by Gasteiger charge is -2.11. The lowest BCUT2D eigenvalue weighted by Crippen LogP contribution is -2.07. The van der Waals surface area contributed by atoms with Crippen molar-refractivity contribution in [3.63, 3.8) is 0 Å². The molecule has 0 aliphatic carbocycles. The maximum atomic E-state index is 13.4. The minimum Gasteiger partial charge on any atom is -0.497 e. The van der Waals surface area contributed by atoms with Crippen LogP contribution < -0.4 is 10.4 Å². The Labute approximate surface area is 203 Å². The largest absolute Gasteiger partial charge is 0.497 e. The highest BCUT2D eigenvalue weighted by molar-refractivity contribution is 6.14. The Morgan fingerprint density at radius 1 is 0.686 bits per heavy atom. The zero-order valence-corrected chi connectivity index (χ0v) is 19.2. The average Bonchev–Trinajstić information content (AvgIpc) is 2.93. The number of ether oxygens (including phenoxy) is 1. The third-order valence-corrected chi connectivity index (χ3v) is 5.70. The Bertz CT molecular complexity index is 1460. The summed E-state index contributed by atoms with van der Waals surface area (Å²) in [6.45, 7) is 0. The molecule has 0 amide bonds. The van der Waals surface area contributed by atoms with Crippen molar-refractivity contribution in [2.45, 2.75) is 0 Å². The molecule has 0 atom stereocenters. The van der Waals surface area contributed by atoms with E-state index < -0.39 is 5.63 Å². The van der Waals surface area contributed by atoms with Gasteiger partial charge in [-0.1, -0.05) is 91.0 Å². The molecule has 0 unspecified atom stereocenters. The minimum atomic E-state index is -0.499. The standard InChI is InChI=1S/C31H23NO3/c1-34-26-19-17-23(18-20-26)28-21-27(22-11-5-2-6-12-22)30(31(33)35-28)32-29(24-13-7-3-8-14-24)25-15-9-4-10-16-25/h2-21H,1H3. The van der Waals surface area contributed by atoms with Crippen molar-refractivity contribution in [1.82, 2.24) is 0 Å². The van der Waals surface area contributed by atoms with Gasteiger partial charge in [-0.15, -0.1) is 0 Å². The monoisotopic (exact) mass is 457 g/mol. The van der Waals surface area contributed by atoms with Crippen molar-refractivity contribution in [3.8, 4) is 28.2 Å². The van der Waals surface area contributed by atoms with Gasteiger partial charge in [0.15, 0.2) is 5.69 Å². The van der Waals surface area contributed by atoms with Crippen LogP contribution in [-0.2, 0) is 0 Å². The Morgan fingerprint density at radius 3 is 1.77 bits per heavy atom. The number of nitrogens with zero attached hydrogens (tertiary/aromatic N) is 1. The van der Waals surface area contributed by atoms with Crippen LogP contribution in [-0.4, -0.2) is 12.8 Å². The van der Waals surface area contributed by atoms with E-state index in [1.165, 1.54) is 0 Å². The summed E-state index contributed by atoms with van der Waals surface area (Å²) in [5, 5.41) is 0. The van der Waals surface area contributed by atoms with Gasteiger partial charge in [-0.25, -0.2) is 9.79 Å². The molecule has 0 N–H and O–H groups in total. The Morgan fingerprint density at radius 2 is 1.23 bits per heavy atom. The van der Waals surface area contributed by atoms with Gasteiger partial charge >= 0.3 is 5.63 Å². The van der Waals surface area contributed by atoms with Gasteiger partial charge in [-0.3, -0.25) is 0 Å². The first kappa shape index (κ1) is 22.1. The van der Waals surface area contributed by atoms with E-state index in [1.54, 1.807) is 7.11 Å². The summed E-state index contributed by atoms with van der Waals surface area (Å²) >= 11 is 0. The summed E-state index contributed by atoms with van der Waals surface area (Å²) in [6, 6.07) is 38.8. The van der Waals surface area contributed by atoms with Gasteiger partial charge in [-0.2, -0.15) is 0 Å². The van der Waals surface area contributed by atoms with E-state index in [-0.39, 0.29) is 5.69 Å². The van der Waals surface area contributed by atoms with E-state index in [0.29, 0.717) is 17.0 Å². The third kappa shape index (κ3) is 4.82. The molecule has 0 fully saturated rings. The second kappa shape index (κ2) is 10.1. The molecule has 0 aliphatic heterocycles. The molecule has 0 saturated carbocycles. The third-order valence-electron chi connectivity index (χ3n) is 5.70. The van der Waals surface area contributed by atoms with E-state index >= 15 is 0 Å². The highest BCUT2D eigenvalue weighted by Crippen LogP contribution is 2.33. The Balaban J connectivity index is 1.74. The van der Waals surface area contributed by atoms with E-state index in [0.717, 1.165) is 28.0 Å². The Hall–Kier alpha value is -4.70. The lowest BCUT2D eigenvalue weighted by atomic mass is 10.0. The van der Waals surface area contributed by atoms with Crippen LogP contribution >= 0.6 is 0 Å². The summed E-state index contributed by atoms with van der Waals surface area (Å²) < 4.78 is 11.1. The number of methoxy groups -OCH3 is 1. The maximum Gasteiger partial charge on any atom is 0.363 e. The molecule has 35 heavy (non-hydrogen) atoms. The molecule has 5 aromatic rings. The molecule has 1 aromatic heterocycles. The van der Waals surface area contributed by atoms with E-state index in [9.17, 15) is 4.79 Å². The van der Waals surface area contributed by atoms with Crippen LogP contribution in [0.25, 0.3) is 22.5 Å². The smallest absolute Gasteiger partial charge is 0.363 e. The molecular weight excluding hydrogens is 434 g/mol. The van der Waals surface area contributed by atoms with E-state index in [2.05, 4.69) is 0 Å². The molecule has 5 rings (SSSR count). The van der Waals surface area contributed by atoms with Gasteiger partial charge in [0.05, 0.1) is 12.8 Å². The van der Waals surface area contributed by atoms with Crippen molar-refractivity contribution in [3.05, 3.63) is 143 Å². The summed E-state index contributed by atoms with van der Waals surface area (Å²) in [5.74, 6) is 1.20. The zero-order chi connectivity index (χ0) is 24.0. The van der Waals surface area contributed by atoms with Crippen LogP contribution in [0.5, 0.6) is 5.75 Å². The number of hydrogen-bond acceptors (Lipinski definition) is 4. The van der Waals surface area contributed by atoms with Gasteiger partial charge in [0.25, 0.3) is 0 Å². The van der Waals surface area contributed by atoms with Crippen molar-refractivity contribution in [2.24, 2.45) is 4.99 Å². The molecule has 0 bridgehead atoms.